The van der Waals surface area contributed by atoms with Crippen molar-refractivity contribution in [2.75, 3.05) is 5.32 Å². The zero-order valence-electron chi connectivity index (χ0n) is 16.3. The Hall–Kier alpha value is -3.61. The Bertz CT molecular complexity index is 1190. The van der Waals surface area contributed by atoms with Crippen LogP contribution in [0, 0.1) is 11.2 Å². The maximum atomic E-state index is 13.4. The molecule has 1 aromatic carbocycles. The third-order valence-electron chi connectivity index (χ3n) is 4.47. The Kier molecular flexibility index (Phi) is 4.58. The van der Waals surface area contributed by atoms with Gasteiger partial charge in [-0.1, -0.05) is 20.8 Å². The van der Waals surface area contributed by atoms with Gasteiger partial charge in [0.1, 0.15) is 17.3 Å². The molecule has 0 aliphatic rings. The summed E-state index contributed by atoms with van der Waals surface area (Å²) in [5.74, 6) is 0.00353. The van der Waals surface area contributed by atoms with E-state index in [2.05, 4.69) is 20.4 Å². The molecule has 0 saturated carbocycles. The van der Waals surface area contributed by atoms with Crippen LogP contribution < -0.4 is 5.32 Å². The lowest BCUT2D eigenvalue weighted by molar-refractivity contribution is -0.123. The van der Waals surface area contributed by atoms with Gasteiger partial charge in [0.25, 0.3) is 0 Å². The van der Waals surface area contributed by atoms with Crippen LogP contribution in [-0.4, -0.2) is 25.5 Å². The smallest absolute Gasteiger partial charge is 0.230 e. The number of hydrogen-bond donors (Lipinski definition) is 1. The molecule has 1 amide bonds. The van der Waals surface area contributed by atoms with E-state index >= 15 is 0 Å². The van der Waals surface area contributed by atoms with E-state index in [-0.39, 0.29) is 11.7 Å². The molecule has 0 spiro atoms. The number of pyridine rings is 1. The fraction of sp³-hybridized carbons (Fsp3) is 0.182. The first-order chi connectivity index (χ1) is 13.8. The van der Waals surface area contributed by atoms with E-state index in [4.69, 9.17) is 0 Å². The number of nitrogens with one attached hydrogen (secondary N) is 1. The van der Waals surface area contributed by atoms with E-state index in [0.29, 0.717) is 17.2 Å². The van der Waals surface area contributed by atoms with Gasteiger partial charge in [0.05, 0.1) is 5.69 Å². The van der Waals surface area contributed by atoms with Crippen LogP contribution in [-0.2, 0) is 4.79 Å². The second kappa shape index (κ2) is 7.09. The lowest BCUT2D eigenvalue weighted by atomic mass is 9.96. The lowest BCUT2D eigenvalue weighted by Gasteiger charge is -2.17. The first-order valence-corrected chi connectivity index (χ1v) is 9.20. The second-order valence-corrected chi connectivity index (χ2v) is 7.74. The van der Waals surface area contributed by atoms with Gasteiger partial charge in [-0.3, -0.25) is 4.79 Å². The number of hydrogen-bond acceptors (Lipinski definition) is 4. The summed E-state index contributed by atoms with van der Waals surface area (Å²) in [6.45, 7) is 5.52. The third kappa shape index (κ3) is 3.71. The maximum Gasteiger partial charge on any atom is 0.230 e. The summed E-state index contributed by atoms with van der Waals surface area (Å²) in [5.41, 5.74) is 3.09. The third-order valence-corrected chi connectivity index (χ3v) is 4.47. The summed E-state index contributed by atoms with van der Waals surface area (Å²) in [6, 6.07) is 13.5. The predicted molar refractivity (Wildman–Crippen MR) is 110 cm³/mol. The monoisotopic (exact) mass is 389 g/mol. The average Bonchev–Trinajstić information content (AvgIpc) is 3.07. The fourth-order valence-corrected chi connectivity index (χ4v) is 2.91. The van der Waals surface area contributed by atoms with Gasteiger partial charge in [0.15, 0.2) is 5.65 Å². The van der Waals surface area contributed by atoms with Crippen LogP contribution in [0.5, 0.6) is 0 Å². The van der Waals surface area contributed by atoms with Gasteiger partial charge in [-0.2, -0.15) is 5.10 Å². The molecule has 6 nitrogen and oxygen atoms in total. The summed E-state index contributed by atoms with van der Waals surface area (Å²) < 4.78 is 15.1. The number of amides is 1. The van der Waals surface area contributed by atoms with Crippen molar-refractivity contribution in [3.8, 4) is 22.5 Å². The van der Waals surface area contributed by atoms with E-state index in [1.54, 1.807) is 35.1 Å². The van der Waals surface area contributed by atoms with Gasteiger partial charge in [-0.15, -0.1) is 0 Å². The number of rotatable bonds is 3. The molecular formula is C22H20FN5O. The van der Waals surface area contributed by atoms with Crippen molar-refractivity contribution in [1.82, 2.24) is 19.6 Å². The largest absolute Gasteiger partial charge is 0.310 e. The summed E-state index contributed by atoms with van der Waals surface area (Å²) >= 11 is 0. The van der Waals surface area contributed by atoms with E-state index < -0.39 is 5.41 Å². The molecule has 0 atom stereocenters. The zero-order chi connectivity index (χ0) is 20.6. The number of carbonyl (C=O) groups is 1. The number of anilines is 1. The number of nitrogens with zero attached hydrogens (tertiary/aromatic N) is 4. The molecule has 3 heterocycles. The molecule has 1 N–H and O–H groups in total. The maximum absolute atomic E-state index is 13.4. The number of imidazole rings is 1. The molecule has 0 bridgehead atoms. The van der Waals surface area contributed by atoms with Crippen LogP contribution in [0.1, 0.15) is 20.8 Å². The summed E-state index contributed by atoms with van der Waals surface area (Å²) in [5, 5.41) is 7.27. The minimum Gasteiger partial charge on any atom is -0.310 e. The Morgan fingerprint density at radius 3 is 2.52 bits per heavy atom. The van der Waals surface area contributed by atoms with E-state index in [1.165, 1.54) is 12.1 Å². The first-order valence-electron chi connectivity index (χ1n) is 9.20. The highest BCUT2D eigenvalue weighted by Crippen LogP contribution is 2.33. The van der Waals surface area contributed by atoms with Crippen molar-refractivity contribution >= 4 is 17.4 Å². The molecule has 0 aliphatic carbocycles. The Morgan fingerprint density at radius 1 is 1.03 bits per heavy atom. The minimum atomic E-state index is -0.540. The Labute approximate surface area is 167 Å². The van der Waals surface area contributed by atoms with Crippen LogP contribution in [0.2, 0.25) is 0 Å². The van der Waals surface area contributed by atoms with Crippen LogP contribution in [0.3, 0.4) is 0 Å². The quantitative estimate of drug-likeness (QED) is 0.557. The lowest BCUT2D eigenvalue weighted by Crippen LogP contribution is -2.28. The topological polar surface area (TPSA) is 72.2 Å². The normalized spacial score (nSPS) is 11.6. The molecule has 4 rings (SSSR count). The van der Waals surface area contributed by atoms with Gasteiger partial charge in [0, 0.05) is 28.9 Å². The van der Waals surface area contributed by atoms with Gasteiger partial charge in [-0.25, -0.2) is 18.9 Å². The average molecular weight is 389 g/mol. The number of halogens is 1. The highest BCUT2D eigenvalue weighted by molar-refractivity contribution is 5.94. The molecule has 0 radical (unpaired) electrons. The molecule has 4 aromatic rings. The van der Waals surface area contributed by atoms with Crippen molar-refractivity contribution in [3.05, 3.63) is 66.7 Å². The molecule has 0 unspecified atom stereocenters. The van der Waals surface area contributed by atoms with Crippen LogP contribution >= 0.6 is 0 Å². The van der Waals surface area contributed by atoms with Crippen LogP contribution in [0.15, 0.2) is 60.9 Å². The molecule has 0 saturated heterocycles. The van der Waals surface area contributed by atoms with E-state index in [1.807, 2.05) is 39.0 Å². The molecule has 29 heavy (non-hydrogen) atoms. The van der Waals surface area contributed by atoms with Crippen molar-refractivity contribution in [2.45, 2.75) is 20.8 Å². The molecule has 3 aromatic heterocycles. The van der Waals surface area contributed by atoms with Crippen molar-refractivity contribution in [1.29, 1.82) is 0 Å². The zero-order valence-corrected chi connectivity index (χ0v) is 16.3. The Morgan fingerprint density at radius 2 is 1.79 bits per heavy atom. The SMILES string of the molecule is CC(C)(C)C(=O)Nc1cc(-c2c(-c3ccc(F)cc3)nc3cccnn23)ccn1. The molecule has 7 heteroatoms. The standard InChI is InChI=1S/C22H20FN5O/c1-22(2,3)21(29)26-17-13-15(10-12-24-17)20-19(14-6-8-16(23)9-7-14)27-18-5-4-11-25-28(18)20/h4-13H,1-3H3,(H,24,26,29). The first kappa shape index (κ1) is 18.7. The Balaban J connectivity index is 1.85. The number of benzene rings is 1. The highest BCUT2D eigenvalue weighted by atomic mass is 19.1. The molecular weight excluding hydrogens is 369 g/mol. The molecule has 0 fully saturated rings. The van der Waals surface area contributed by atoms with Gasteiger partial charge in [0.2, 0.25) is 5.91 Å². The van der Waals surface area contributed by atoms with Crippen molar-refractivity contribution in [3.63, 3.8) is 0 Å². The van der Waals surface area contributed by atoms with E-state index in [0.717, 1.165) is 16.8 Å². The highest BCUT2D eigenvalue weighted by Gasteiger charge is 2.22. The second-order valence-electron chi connectivity index (χ2n) is 7.74. The summed E-state index contributed by atoms with van der Waals surface area (Å²) in [6.07, 6.45) is 3.31. The molecule has 146 valence electrons. The number of fused-ring (bicyclic) bond motifs is 1. The van der Waals surface area contributed by atoms with Crippen molar-refractivity contribution < 1.29 is 9.18 Å². The molecule has 0 aliphatic heterocycles. The predicted octanol–water partition coefficient (Wildman–Crippen LogP) is 4.58. The minimum absolute atomic E-state index is 0.128. The van der Waals surface area contributed by atoms with Crippen LogP contribution in [0.25, 0.3) is 28.2 Å². The van der Waals surface area contributed by atoms with E-state index in [9.17, 15) is 9.18 Å². The van der Waals surface area contributed by atoms with Crippen LogP contribution in [0.4, 0.5) is 10.2 Å². The fourth-order valence-electron chi connectivity index (χ4n) is 2.91. The van der Waals surface area contributed by atoms with Gasteiger partial charge >= 0.3 is 0 Å². The number of carbonyl (C=O) groups excluding carboxylic acids is 1. The van der Waals surface area contributed by atoms with Gasteiger partial charge < -0.3 is 5.32 Å². The summed E-state index contributed by atoms with van der Waals surface area (Å²) in [7, 11) is 0. The summed E-state index contributed by atoms with van der Waals surface area (Å²) in [4.78, 5) is 21.3. The van der Waals surface area contributed by atoms with Gasteiger partial charge in [-0.05, 0) is 48.5 Å². The van der Waals surface area contributed by atoms with Crippen molar-refractivity contribution in [2.24, 2.45) is 5.41 Å². The number of aromatic nitrogens is 4.